The van der Waals surface area contributed by atoms with Crippen molar-refractivity contribution in [2.45, 2.75) is 4.90 Å². The minimum Gasteiger partial charge on any atom is -0.354 e. The zero-order valence-corrected chi connectivity index (χ0v) is 12.3. The predicted octanol–water partition coefficient (Wildman–Crippen LogP) is 4.57. The van der Waals surface area contributed by atoms with Gasteiger partial charge in [-0.25, -0.2) is 0 Å². The third kappa shape index (κ3) is 2.69. The van der Waals surface area contributed by atoms with Crippen LogP contribution >= 0.6 is 11.8 Å². The molecule has 21 heavy (non-hydrogen) atoms. The van der Waals surface area contributed by atoms with Crippen LogP contribution in [0, 0.1) is 11.3 Å². The Bertz CT molecular complexity index is 820. The van der Waals surface area contributed by atoms with Crippen LogP contribution in [0.4, 0.5) is 11.4 Å². The van der Waals surface area contributed by atoms with Crippen molar-refractivity contribution in [2.75, 3.05) is 11.6 Å². The first-order valence-corrected chi connectivity index (χ1v) is 7.73. The van der Waals surface area contributed by atoms with E-state index in [9.17, 15) is 5.26 Å². The van der Waals surface area contributed by atoms with Crippen LogP contribution in [0.15, 0.2) is 59.6 Å². The fraction of sp³-hybridized carbons (Fsp3) is 0.0588. The Morgan fingerprint density at radius 1 is 1.10 bits per heavy atom. The van der Waals surface area contributed by atoms with Crippen LogP contribution in [-0.2, 0) is 0 Å². The lowest BCUT2D eigenvalue weighted by molar-refractivity contribution is 1.36. The maximum atomic E-state index is 9.30. The highest BCUT2D eigenvalue weighted by Gasteiger charge is 2.08. The van der Waals surface area contributed by atoms with Gasteiger partial charge in [-0.1, -0.05) is 18.2 Å². The number of fused-ring (bicyclic) bond motifs is 1. The van der Waals surface area contributed by atoms with Gasteiger partial charge >= 0.3 is 0 Å². The van der Waals surface area contributed by atoms with E-state index < -0.39 is 0 Å². The first kappa shape index (κ1) is 13.5. The molecule has 1 aromatic heterocycles. The monoisotopic (exact) mass is 291 g/mol. The number of nitrogens with zero attached hydrogens (tertiary/aromatic N) is 2. The zero-order valence-electron chi connectivity index (χ0n) is 11.5. The van der Waals surface area contributed by atoms with Gasteiger partial charge < -0.3 is 5.32 Å². The highest BCUT2D eigenvalue weighted by molar-refractivity contribution is 7.98. The molecule has 0 unspecified atom stereocenters. The average molecular weight is 291 g/mol. The van der Waals surface area contributed by atoms with E-state index in [2.05, 4.69) is 28.5 Å². The molecule has 0 aliphatic carbocycles. The van der Waals surface area contributed by atoms with Gasteiger partial charge in [-0.2, -0.15) is 5.26 Å². The smallest absolute Gasteiger partial charge is 0.103 e. The lowest BCUT2D eigenvalue weighted by Gasteiger charge is -2.11. The molecule has 3 nitrogen and oxygen atoms in total. The van der Waals surface area contributed by atoms with Crippen LogP contribution in [-0.4, -0.2) is 11.2 Å². The minimum absolute atomic E-state index is 0.544. The van der Waals surface area contributed by atoms with Crippen molar-refractivity contribution in [3.63, 3.8) is 0 Å². The Morgan fingerprint density at radius 3 is 2.57 bits per heavy atom. The maximum Gasteiger partial charge on any atom is 0.103 e. The minimum atomic E-state index is 0.544. The van der Waals surface area contributed by atoms with Gasteiger partial charge in [0.25, 0.3) is 0 Å². The molecule has 0 fully saturated rings. The molecule has 0 saturated carbocycles. The Hall–Kier alpha value is -2.51. The van der Waals surface area contributed by atoms with Crippen molar-refractivity contribution in [1.29, 1.82) is 5.26 Å². The SMILES string of the molecule is CSc1ccc(Nc2c(C#N)cnc3ccccc23)cc1. The topological polar surface area (TPSA) is 48.7 Å². The van der Waals surface area contributed by atoms with Crippen LogP contribution < -0.4 is 5.32 Å². The number of pyridine rings is 1. The van der Waals surface area contributed by atoms with E-state index in [1.165, 1.54) is 4.90 Å². The maximum absolute atomic E-state index is 9.30. The van der Waals surface area contributed by atoms with Crippen molar-refractivity contribution >= 4 is 34.0 Å². The second kappa shape index (κ2) is 5.86. The average Bonchev–Trinajstić information content (AvgIpc) is 2.56. The molecule has 0 bridgehead atoms. The molecule has 0 saturated heterocycles. The molecule has 3 aromatic rings. The third-order valence-corrected chi connectivity index (χ3v) is 4.00. The van der Waals surface area contributed by atoms with Gasteiger partial charge in [0.15, 0.2) is 0 Å². The van der Waals surface area contributed by atoms with E-state index in [0.717, 1.165) is 22.3 Å². The summed E-state index contributed by atoms with van der Waals surface area (Å²) >= 11 is 1.70. The Kier molecular flexibility index (Phi) is 3.76. The van der Waals surface area contributed by atoms with E-state index in [4.69, 9.17) is 0 Å². The van der Waals surface area contributed by atoms with E-state index >= 15 is 0 Å². The summed E-state index contributed by atoms with van der Waals surface area (Å²) in [6.07, 6.45) is 3.66. The summed E-state index contributed by atoms with van der Waals surface area (Å²) in [4.78, 5) is 5.52. The summed E-state index contributed by atoms with van der Waals surface area (Å²) in [5.41, 5.74) is 3.18. The normalized spacial score (nSPS) is 10.3. The van der Waals surface area contributed by atoms with Crippen molar-refractivity contribution in [3.05, 3.63) is 60.3 Å². The standard InChI is InChI=1S/C17H13N3S/c1-21-14-8-6-13(7-9-14)20-17-12(10-18)11-19-16-5-3-2-4-15(16)17/h2-9,11H,1H3,(H,19,20). The van der Waals surface area contributed by atoms with Crippen LogP contribution in [0.3, 0.4) is 0 Å². The number of aromatic nitrogens is 1. The number of hydrogen-bond acceptors (Lipinski definition) is 4. The Balaban J connectivity index is 2.08. The number of anilines is 2. The van der Waals surface area contributed by atoms with Gasteiger partial charge in [0, 0.05) is 22.2 Å². The molecule has 0 aliphatic rings. The highest BCUT2D eigenvalue weighted by atomic mass is 32.2. The van der Waals surface area contributed by atoms with E-state index in [1.807, 2.05) is 42.7 Å². The summed E-state index contributed by atoms with van der Waals surface area (Å²) in [6, 6.07) is 18.2. The van der Waals surface area contributed by atoms with Crippen molar-refractivity contribution < 1.29 is 0 Å². The molecular formula is C17H13N3S. The van der Waals surface area contributed by atoms with Crippen LogP contribution in [0.1, 0.15) is 5.56 Å². The highest BCUT2D eigenvalue weighted by Crippen LogP contribution is 2.29. The van der Waals surface area contributed by atoms with Gasteiger partial charge in [0.05, 0.1) is 16.8 Å². The number of thioether (sulfide) groups is 1. The first-order chi connectivity index (χ1) is 10.3. The predicted molar refractivity (Wildman–Crippen MR) is 88.0 cm³/mol. The molecule has 1 N–H and O–H groups in total. The van der Waals surface area contributed by atoms with Gasteiger partial charge in [0.2, 0.25) is 0 Å². The number of nitriles is 1. The summed E-state index contributed by atoms with van der Waals surface area (Å²) < 4.78 is 0. The third-order valence-electron chi connectivity index (χ3n) is 3.26. The number of nitrogens with one attached hydrogen (secondary N) is 1. The summed E-state index contributed by atoms with van der Waals surface area (Å²) in [5, 5.41) is 13.6. The fourth-order valence-corrected chi connectivity index (χ4v) is 2.59. The molecule has 0 radical (unpaired) electrons. The fourth-order valence-electron chi connectivity index (χ4n) is 2.18. The molecular weight excluding hydrogens is 278 g/mol. The number of benzene rings is 2. The van der Waals surface area contributed by atoms with E-state index in [-0.39, 0.29) is 0 Å². The van der Waals surface area contributed by atoms with Gasteiger partial charge in [-0.15, -0.1) is 11.8 Å². The number of rotatable bonds is 3. The summed E-state index contributed by atoms with van der Waals surface area (Å²) in [5.74, 6) is 0. The van der Waals surface area contributed by atoms with Gasteiger partial charge in [-0.05, 0) is 36.6 Å². The molecule has 0 aliphatic heterocycles. The van der Waals surface area contributed by atoms with Crippen molar-refractivity contribution in [1.82, 2.24) is 4.98 Å². The first-order valence-electron chi connectivity index (χ1n) is 6.51. The lowest BCUT2D eigenvalue weighted by Crippen LogP contribution is -1.96. The van der Waals surface area contributed by atoms with Crippen molar-refractivity contribution in [2.24, 2.45) is 0 Å². The Morgan fingerprint density at radius 2 is 1.86 bits per heavy atom. The molecule has 4 heteroatoms. The molecule has 2 aromatic carbocycles. The Labute approximate surface area is 127 Å². The van der Waals surface area contributed by atoms with Crippen LogP contribution in [0.5, 0.6) is 0 Å². The largest absolute Gasteiger partial charge is 0.354 e. The van der Waals surface area contributed by atoms with Crippen LogP contribution in [0.25, 0.3) is 10.9 Å². The second-order valence-electron chi connectivity index (χ2n) is 4.53. The van der Waals surface area contributed by atoms with Crippen LogP contribution in [0.2, 0.25) is 0 Å². The second-order valence-corrected chi connectivity index (χ2v) is 5.41. The molecule has 0 amide bonds. The van der Waals surface area contributed by atoms with Crippen molar-refractivity contribution in [3.8, 4) is 6.07 Å². The molecule has 1 heterocycles. The molecule has 0 spiro atoms. The van der Waals surface area contributed by atoms with Gasteiger partial charge in [0.1, 0.15) is 6.07 Å². The summed E-state index contributed by atoms with van der Waals surface area (Å²) in [6.45, 7) is 0. The number of hydrogen-bond donors (Lipinski definition) is 1. The number of para-hydroxylation sites is 1. The zero-order chi connectivity index (χ0) is 14.7. The quantitative estimate of drug-likeness (QED) is 0.718. The molecule has 0 atom stereocenters. The molecule has 102 valence electrons. The van der Waals surface area contributed by atoms with E-state index in [1.54, 1.807) is 18.0 Å². The van der Waals surface area contributed by atoms with Gasteiger partial charge in [-0.3, -0.25) is 4.98 Å². The summed E-state index contributed by atoms with van der Waals surface area (Å²) in [7, 11) is 0. The molecule has 3 rings (SSSR count). The lowest BCUT2D eigenvalue weighted by atomic mass is 10.1. The van der Waals surface area contributed by atoms with E-state index in [0.29, 0.717) is 5.56 Å².